The summed E-state index contributed by atoms with van der Waals surface area (Å²) in [5, 5.41) is 3.65. The summed E-state index contributed by atoms with van der Waals surface area (Å²) in [6, 6.07) is 13.7. The van der Waals surface area contributed by atoms with Crippen LogP contribution in [-0.4, -0.2) is 14.5 Å². The number of rotatable bonds is 5. The first-order valence-corrected chi connectivity index (χ1v) is 10.4. The largest absolute Gasteiger partial charge is 0.464 e. The van der Waals surface area contributed by atoms with Gasteiger partial charge < -0.3 is 8.98 Å². The second-order valence-electron chi connectivity index (χ2n) is 7.12. The first-order chi connectivity index (χ1) is 14.2. The van der Waals surface area contributed by atoms with E-state index in [0.717, 1.165) is 21.9 Å². The highest BCUT2D eigenvalue weighted by atomic mass is 32.1. The van der Waals surface area contributed by atoms with E-state index in [9.17, 15) is 4.79 Å². The van der Waals surface area contributed by atoms with Crippen LogP contribution in [0, 0.1) is 6.92 Å². The molecule has 0 amide bonds. The Morgan fingerprint density at radius 3 is 2.90 bits per heavy atom. The van der Waals surface area contributed by atoms with Crippen molar-refractivity contribution in [3.8, 4) is 0 Å². The number of nitrogens with zero attached hydrogens (tertiary/aromatic N) is 3. The number of hydrogen-bond donors (Lipinski definition) is 0. The van der Waals surface area contributed by atoms with E-state index < -0.39 is 0 Å². The summed E-state index contributed by atoms with van der Waals surface area (Å²) >= 11 is 1.64. The Kier molecular flexibility index (Phi) is 4.48. The molecule has 0 saturated carbocycles. The molecule has 0 N–H and O–H groups in total. The lowest BCUT2D eigenvalue weighted by atomic mass is 10.1. The highest BCUT2D eigenvalue weighted by Gasteiger charge is 2.14. The van der Waals surface area contributed by atoms with Gasteiger partial charge in [0.05, 0.1) is 29.2 Å². The maximum Gasteiger partial charge on any atom is 0.195 e. The van der Waals surface area contributed by atoms with E-state index in [1.165, 1.54) is 5.56 Å². The minimum atomic E-state index is 0.0327. The number of aryl methyl sites for hydroxylation is 3. The molecule has 0 saturated heterocycles. The Bertz CT molecular complexity index is 1370. The fourth-order valence-electron chi connectivity index (χ4n) is 3.66. The first-order valence-electron chi connectivity index (χ1n) is 9.52. The van der Waals surface area contributed by atoms with Gasteiger partial charge >= 0.3 is 0 Å². The summed E-state index contributed by atoms with van der Waals surface area (Å²) in [7, 11) is 0. The third kappa shape index (κ3) is 3.36. The van der Waals surface area contributed by atoms with Crippen molar-refractivity contribution in [1.29, 1.82) is 0 Å². The number of aromatic nitrogens is 3. The summed E-state index contributed by atoms with van der Waals surface area (Å²) in [6.45, 7) is 2.75. The molecule has 29 heavy (non-hydrogen) atoms. The number of para-hydroxylation sites is 1. The van der Waals surface area contributed by atoms with Crippen molar-refractivity contribution in [2.45, 2.75) is 26.3 Å². The van der Waals surface area contributed by atoms with Crippen LogP contribution in [0.3, 0.4) is 0 Å². The van der Waals surface area contributed by atoms with E-state index in [0.29, 0.717) is 35.9 Å². The van der Waals surface area contributed by atoms with Crippen LogP contribution < -0.4 is 5.43 Å². The van der Waals surface area contributed by atoms with Crippen molar-refractivity contribution in [2.24, 2.45) is 0 Å². The minimum Gasteiger partial charge on any atom is -0.464 e. The van der Waals surface area contributed by atoms with Crippen LogP contribution in [-0.2, 0) is 19.4 Å². The van der Waals surface area contributed by atoms with Crippen molar-refractivity contribution in [3.63, 3.8) is 0 Å². The van der Waals surface area contributed by atoms with Crippen LogP contribution in [0.25, 0.3) is 22.0 Å². The van der Waals surface area contributed by atoms with Crippen LogP contribution in [0.1, 0.15) is 22.0 Å². The van der Waals surface area contributed by atoms with Crippen LogP contribution in [0.4, 0.5) is 0 Å². The number of fused-ring (bicyclic) bond motifs is 2. The molecule has 3 heterocycles. The van der Waals surface area contributed by atoms with Gasteiger partial charge in [0.1, 0.15) is 16.4 Å². The van der Waals surface area contributed by atoms with E-state index in [1.807, 2.05) is 35.8 Å². The van der Waals surface area contributed by atoms with Crippen LogP contribution >= 0.6 is 11.3 Å². The van der Waals surface area contributed by atoms with Gasteiger partial charge in [0.25, 0.3) is 0 Å². The summed E-state index contributed by atoms with van der Waals surface area (Å²) in [6.07, 6.45) is 4.64. The first kappa shape index (κ1) is 17.8. The van der Waals surface area contributed by atoms with E-state index in [4.69, 9.17) is 9.40 Å². The monoisotopic (exact) mass is 401 g/mol. The second kappa shape index (κ2) is 7.29. The van der Waals surface area contributed by atoms with E-state index >= 15 is 0 Å². The Morgan fingerprint density at radius 2 is 2.03 bits per heavy atom. The Hall–Kier alpha value is -3.25. The van der Waals surface area contributed by atoms with Gasteiger partial charge in [0, 0.05) is 23.6 Å². The number of benzene rings is 2. The lowest BCUT2D eigenvalue weighted by Gasteiger charge is -2.08. The van der Waals surface area contributed by atoms with Crippen molar-refractivity contribution in [2.75, 3.05) is 0 Å². The SMILES string of the molecule is Cc1ccc2c(c1)nc(CCc1coc3ccccc3c1=O)n2Cc1nccs1. The number of hydrogen-bond acceptors (Lipinski definition) is 5. The van der Waals surface area contributed by atoms with Gasteiger partial charge in [-0.1, -0.05) is 18.2 Å². The molecule has 0 spiro atoms. The third-order valence-electron chi connectivity index (χ3n) is 5.13. The Morgan fingerprint density at radius 1 is 1.14 bits per heavy atom. The highest BCUT2D eigenvalue weighted by Crippen LogP contribution is 2.21. The molecular weight excluding hydrogens is 382 g/mol. The molecule has 0 aliphatic carbocycles. The number of imidazole rings is 1. The van der Waals surface area contributed by atoms with E-state index in [2.05, 4.69) is 34.7 Å². The van der Waals surface area contributed by atoms with Crippen molar-refractivity contribution >= 4 is 33.3 Å². The van der Waals surface area contributed by atoms with Crippen molar-refractivity contribution in [3.05, 3.63) is 92.5 Å². The molecule has 5 aromatic rings. The lowest BCUT2D eigenvalue weighted by molar-refractivity contribution is 0.590. The summed E-state index contributed by atoms with van der Waals surface area (Å²) in [4.78, 5) is 22.1. The zero-order valence-corrected chi connectivity index (χ0v) is 16.8. The van der Waals surface area contributed by atoms with Gasteiger partial charge in [0.15, 0.2) is 5.43 Å². The standard InChI is InChI=1S/C23H19N3O2S/c1-15-6-8-19-18(12-15)25-21(26(19)13-22-24-10-11-29-22)9-7-16-14-28-20-5-3-2-4-17(20)23(16)27/h2-6,8,10-12,14H,7,9,13H2,1H3. The molecular formula is C23H19N3O2S. The number of thiazole rings is 1. The average Bonchev–Trinajstić information content (AvgIpc) is 3.36. The smallest absolute Gasteiger partial charge is 0.195 e. The maximum absolute atomic E-state index is 12.8. The zero-order chi connectivity index (χ0) is 19.8. The van der Waals surface area contributed by atoms with E-state index in [-0.39, 0.29) is 5.43 Å². The molecule has 144 valence electrons. The molecule has 0 bridgehead atoms. The minimum absolute atomic E-state index is 0.0327. The summed E-state index contributed by atoms with van der Waals surface area (Å²) in [5.74, 6) is 0.952. The summed E-state index contributed by atoms with van der Waals surface area (Å²) in [5.41, 5.74) is 4.57. The molecule has 6 heteroatoms. The molecule has 5 rings (SSSR count). The van der Waals surface area contributed by atoms with Crippen LogP contribution in [0.15, 0.2) is 69.5 Å². The van der Waals surface area contributed by atoms with Gasteiger partial charge in [-0.15, -0.1) is 11.3 Å². The lowest BCUT2D eigenvalue weighted by Crippen LogP contribution is -2.12. The van der Waals surface area contributed by atoms with Crippen molar-refractivity contribution < 1.29 is 4.42 Å². The molecule has 0 aliphatic rings. The molecule has 2 aromatic carbocycles. The third-order valence-corrected chi connectivity index (χ3v) is 5.89. The van der Waals surface area contributed by atoms with Gasteiger partial charge in [-0.25, -0.2) is 9.97 Å². The average molecular weight is 401 g/mol. The Labute approximate surface area is 171 Å². The molecule has 5 nitrogen and oxygen atoms in total. The fraction of sp³-hybridized carbons (Fsp3) is 0.174. The molecule has 0 aliphatic heterocycles. The normalized spacial score (nSPS) is 11.5. The van der Waals surface area contributed by atoms with Gasteiger partial charge in [0.2, 0.25) is 0 Å². The predicted molar refractivity (Wildman–Crippen MR) is 116 cm³/mol. The van der Waals surface area contributed by atoms with Crippen LogP contribution in [0.5, 0.6) is 0 Å². The maximum atomic E-state index is 12.8. The molecule has 0 atom stereocenters. The van der Waals surface area contributed by atoms with Crippen molar-refractivity contribution in [1.82, 2.24) is 14.5 Å². The Balaban J connectivity index is 1.51. The quantitative estimate of drug-likeness (QED) is 0.427. The van der Waals surface area contributed by atoms with Gasteiger partial charge in [-0.3, -0.25) is 4.79 Å². The van der Waals surface area contributed by atoms with Gasteiger partial charge in [-0.05, 0) is 43.2 Å². The van der Waals surface area contributed by atoms with Crippen LogP contribution in [0.2, 0.25) is 0 Å². The molecule has 0 fully saturated rings. The molecule has 0 radical (unpaired) electrons. The highest BCUT2D eigenvalue weighted by molar-refractivity contribution is 7.09. The topological polar surface area (TPSA) is 60.9 Å². The second-order valence-corrected chi connectivity index (χ2v) is 8.10. The fourth-order valence-corrected chi connectivity index (χ4v) is 4.26. The zero-order valence-electron chi connectivity index (χ0n) is 16.0. The molecule has 3 aromatic heterocycles. The molecule has 0 unspecified atom stereocenters. The summed E-state index contributed by atoms with van der Waals surface area (Å²) < 4.78 is 7.87. The van der Waals surface area contributed by atoms with E-state index in [1.54, 1.807) is 17.6 Å². The predicted octanol–water partition coefficient (Wildman–Crippen LogP) is 4.74. The van der Waals surface area contributed by atoms with Gasteiger partial charge in [-0.2, -0.15) is 0 Å².